The molecule has 6 heteroatoms. The second-order valence-electron chi connectivity index (χ2n) is 5.76. The zero-order valence-electron chi connectivity index (χ0n) is 11.6. The minimum Gasteiger partial charge on any atom is -0.309 e. The monoisotopic (exact) mass is 312 g/mol. The molecule has 1 aromatic carbocycles. The molecule has 3 rings (SSSR count). The van der Waals surface area contributed by atoms with Crippen molar-refractivity contribution in [3.8, 4) is 0 Å². The number of nitrogens with one attached hydrogen (secondary N) is 2. The van der Waals surface area contributed by atoms with E-state index >= 15 is 0 Å². The van der Waals surface area contributed by atoms with Crippen molar-refractivity contribution in [2.75, 3.05) is 12.3 Å². The highest BCUT2D eigenvalue weighted by molar-refractivity contribution is 8.01. The second-order valence-corrected chi connectivity index (χ2v) is 9.21. The molecule has 0 bridgehead atoms. The van der Waals surface area contributed by atoms with E-state index in [-0.39, 0.29) is 4.75 Å². The lowest BCUT2D eigenvalue weighted by Gasteiger charge is -2.22. The Kier molecular flexibility index (Phi) is 3.83. The fraction of sp³-hybridized carbons (Fsp3) is 0.571. The Labute approximate surface area is 124 Å². The molecule has 0 aliphatic carbocycles. The Morgan fingerprint density at radius 2 is 2.15 bits per heavy atom. The molecule has 0 radical (unpaired) electrons. The van der Waals surface area contributed by atoms with Crippen LogP contribution in [0.2, 0.25) is 0 Å². The van der Waals surface area contributed by atoms with Crippen molar-refractivity contribution in [2.45, 2.75) is 42.5 Å². The summed E-state index contributed by atoms with van der Waals surface area (Å²) < 4.78 is 27.6. The highest BCUT2D eigenvalue weighted by atomic mass is 32.2. The van der Waals surface area contributed by atoms with Crippen molar-refractivity contribution < 1.29 is 8.42 Å². The largest absolute Gasteiger partial charge is 0.309 e. The number of fused-ring (bicyclic) bond motifs is 1. The zero-order chi connectivity index (χ0) is 14.2. The standard InChI is InChI=1S/C14H20N2O2S2/c1-14(5-2-6-19-14)10-16-20(17,18)13-4-3-11-8-15-9-12(11)7-13/h3-4,7,15-16H,2,5-6,8-10H2,1H3. The Morgan fingerprint density at radius 1 is 1.35 bits per heavy atom. The Bertz CT molecular complexity index is 608. The fourth-order valence-corrected chi connectivity index (χ4v) is 5.30. The van der Waals surface area contributed by atoms with E-state index in [2.05, 4.69) is 17.0 Å². The first-order valence-electron chi connectivity index (χ1n) is 6.95. The van der Waals surface area contributed by atoms with Gasteiger partial charge >= 0.3 is 0 Å². The third-order valence-corrected chi connectivity index (χ3v) is 6.99. The predicted molar refractivity (Wildman–Crippen MR) is 82.3 cm³/mol. The summed E-state index contributed by atoms with van der Waals surface area (Å²) in [6, 6.07) is 5.41. The van der Waals surface area contributed by atoms with E-state index in [0.717, 1.165) is 30.8 Å². The van der Waals surface area contributed by atoms with Crippen LogP contribution >= 0.6 is 11.8 Å². The van der Waals surface area contributed by atoms with Gasteiger partial charge in [-0.2, -0.15) is 11.8 Å². The van der Waals surface area contributed by atoms with Crippen molar-refractivity contribution in [1.29, 1.82) is 0 Å². The van der Waals surface area contributed by atoms with Crippen LogP contribution in [0.5, 0.6) is 0 Å². The highest BCUT2D eigenvalue weighted by Crippen LogP contribution is 2.37. The summed E-state index contributed by atoms with van der Waals surface area (Å²) in [7, 11) is -3.40. The van der Waals surface area contributed by atoms with Gasteiger partial charge in [0, 0.05) is 24.4 Å². The molecule has 2 aliphatic rings. The van der Waals surface area contributed by atoms with E-state index in [1.165, 1.54) is 12.0 Å². The quantitative estimate of drug-likeness (QED) is 0.891. The summed E-state index contributed by atoms with van der Waals surface area (Å²) in [4.78, 5) is 0.381. The molecular formula is C14H20N2O2S2. The smallest absolute Gasteiger partial charge is 0.240 e. The number of thioether (sulfide) groups is 1. The molecule has 0 spiro atoms. The van der Waals surface area contributed by atoms with Gasteiger partial charge in [0.25, 0.3) is 0 Å². The van der Waals surface area contributed by atoms with E-state index in [1.807, 2.05) is 17.8 Å². The van der Waals surface area contributed by atoms with Crippen LogP contribution in [0, 0.1) is 0 Å². The molecule has 1 aromatic rings. The van der Waals surface area contributed by atoms with Gasteiger partial charge in [-0.1, -0.05) is 6.07 Å². The average molecular weight is 312 g/mol. The summed E-state index contributed by atoms with van der Waals surface area (Å²) in [6.45, 7) is 4.24. The minimum absolute atomic E-state index is 0.0470. The van der Waals surface area contributed by atoms with Gasteiger partial charge < -0.3 is 5.32 Å². The van der Waals surface area contributed by atoms with Gasteiger partial charge in [-0.15, -0.1) is 0 Å². The Morgan fingerprint density at radius 3 is 2.90 bits per heavy atom. The highest BCUT2D eigenvalue weighted by Gasteiger charge is 2.31. The molecule has 20 heavy (non-hydrogen) atoms. The molecule has 110 valence electrons. The van der Waals surface area contributed by atoms with E-state index < -0.39 is 10.0 Å². The van der Waals surface area contributed by atoms with Crippen LogP contribution < -0.4 is 10.0 Å². The average Bonchev–Trinajstić information content (AvgIpc) is 3.05. The lowest BCUT2D eigenvalue weighted by molar-refractivity contribution is 0.552. The van der Waals surface area contributed by atoms with Crippen molar-refractivity contribution >= 4 is 21.8 Å². The molecule has 0 amide bonds. The van der Waals surface area contributed by atoms with Gasteiger partial charge in [-0.3, -0.25) is 0 Å². The maximum absolute atomic E-state index is 12.4. The number of rotatable bonds is 4. The first-order chi connectivity index (χ1) is 9.49. The lowest BCUT2D eigenvalue weighted by atomic mass is 10.1. The third kappa shape index (κ3) is 2.88. The van der Waals surface area contributed by atoms with Crippen LogP contribution in [0.15, 0.2) is 23.1 Å². The normalized spacial score (nSPS) is 25.9. The summed E-state index contributed by atoms with van der Waals surface area (Å²) in [5.74, 6) is 1.13. The van der Waals surface area contributed by atoms with Gasteiger partial charge in [-0.25, -0.2) is 13.1 Å². The van der Waals surface area contributed by atoms with Gasteiger partial charge in [0.15, 0.2) is 0 Å². The molecule has 2 N–H and O–H groups in total. The lowest BCUT2D eigenvalue weighted by Crippen LogP contribution is -2.36. The zero-order valence-corrected chi connectivity index (χ0v) is 13.2. The predicted octanol–water partition coefficient (Wildman–Crippen LogP) is 1.85. The molecule has 2 aliphatic heterocycles. The Balaban J connectivity index is 1.74. The van der Waals surface area contributed by atoms with E-state index in [0.29, 0.717) is 11.4 Å². The number of benzene rings is 1. The van der Waals surface area contributed by atoms with Gasteiger partial charge in [0.1, 0.15) is 0 Å². The van der Waals surface area contributed by atoms with Crippen LogP contribution in [0.1, 0.15) is 30.9 Å². The number of sulfonamides is 1. The van der Waals surface area contributed by atoms with Gasteiger partial charge in [0.05, 0.1) is 4.90 Å². The van der Waals surface area contributed by atoms with Crippen molar-refractivity contribution in [3.05, 3.63) is 29.3 Å². The van der Waals surface area contributed by atoms with Crippen molar-refractivity contribution in [2.24, 2.45) is 0 Å². The number of hydrogen-bond acceptors (Lipinski definition) is 4. The van der Waals surface area contributed by atoms with E-state index in [4.69, 9.17) is 0 Å². The van der Waals surface area contributed by atoms with E-state index in [1.54, 1.807) is 12.1 Å². The van der Waals surface area contributed by atoms with Crippen LogP contribution in [0.25, 0.3) is 0 Å². The maximum Gasteiger partial charge on any atom is 0.240 e. The fourth-order valence-electron chi connectivity index (χ4n) is 2.75. The summed E-state index contributed by atoms with van der Waals surface area (Å²) in [6.07, 6.45) is 2.25. The van der Waals surface area contributed by atoms with Crippen LogP contribution in [-0.4, -0.2) is 25.5 Å². The summed E-state index contributed by atoms with van der Waals surface area (Å²) in [5.41, 5.74) is 2.29. The molecule has 1 atom stereocenters. The molecule has 1 fully saturated rings. The molecule has 2 heterocycles. The molecule has 1 unspecified atom stereocenters. The molecule has 4 nitrogen and oxygen atoms in total. The summed E-state index contributed by atoms with van der Waals surface area (Å²) in [5, 5.41) is 3.23. The van der Waals surface area contributed by atoms with Gasteiger partial charge in [-0.05, 0) is 48.8 Å². The van der Waals surface area contributed by atoms with Gasteiger partial charge in [0.2, 0.25) is 10.0 Å². The summed E-state index contributed by atoms with van der Waals surface area (Å²) >= 11 is 1.86. The molecule has 1 saturated heterocycles. The van der Waals surface area contributed by atoms with E-state index in [9.17, 15) is 8.42 Å². The number of hydrogen-bond donors (Lipinski definition) is 2. The maximum atomic E-state index is 12.4. The van der Waals surface area contributed by atoms with Crippen LogP contribution in [-0.2, 0) is 23.1 Å². The third-order valence-electron chi connectivity index (χ3n) is 4.06. The second kappa shape index (κ2) is 5.33. The van der Waals surface area contributed by atoms with Crippen molar-refractivity contribution in [1.82, 2.24) is 10.0 Å². The van der Waals surface area contributed by atoms with Crippen LogP contribution in [0.4, 0.5) is 0 Å². The molecule has 0 aromatic heterocycles. The van der Waals surface area contributed by atoms with Crippen molar-refractivity contribution in [3.63, 3.8) is 0 Å². The molecular weight excluding hydrogens is 292 g/mol. The topological polar surface area (TPSA) is 58.2 Å². The minimum atomic E-state index is -3.40. The first-order valence-corrected chi connectivity index (χ1v) is 9.42. The SMILES string of the molecule is CC1(CNS(=O)(=O)c2ccc3c(c2)CNC3)CCCS1. The molecule has 0 saturated carbocycles. The first kappa shape index (κ1) is 14.4. The Hall–Kier alpha value is -0.560. The van der Waals surface area contributed by atoms with Crippen LogP contribution in [0.3, 0.4) is 0 Å².